The maximum Gasteiger partial charge on any atom is 0.239 e. The average molecular weight is 401 g/mol. The average Bonchev–Trinajstić information content (AvgIpc) is 2.46. The molecule has 0 heterocycles. The van der Waals surface area contributed by atoms with E-state index >= 15 is 0 Å². The lowest BCUT2D eigenvalue weighted by atomic mass is 10.2. The maximum absolute atomic E-state index is 11.7. The molecule has 2 aromatic carbocycles. The van der Waals surface area contributed by atoms with Crippen LogP contribution in [0.2, 0.25) is 5.02 Å². The molecule has 3 nitrogen and oxygen atoms in total. The van der Waals surface area contributed by atoms with Gasteiger partial charge in [0, 0.05) is 20.8 Å². The minimum atomic E-state index is -0.0662. The molecule has 1 amide bonds. The van der Waals surface area contributed by atoms with Crippen LogP contribution in [0.1, 0.15) is 5.56 Å². The fourth-order valence-corrected chi connectivity index (χ4v) is 2.21. The fourth-order valence-electron chi connectivity index (χ4n) is 1.65. The second-order valence-electron chi connectivity index (χ2n) is 4.23. The van der Waals surface area contributed by atoms with Crippen LogP contribution in [0.25, 0.3) is 0 Å². The van der Waals surface area contributed by atoms with Gasteiger partial charge >= 0.3 is 0 Å². The van der Waals surface area contributed by atoms with Gasteiger partial charge in [0.15, 0.2) is 0 Å². The molecule has 0 aromatic heterocycles. The highest BCUT2D eigenvalue weighted by Crippen LogP contribution is 2.14. The third kappa shape index (κ3) is 4.68. The summed E-state index contributed by atoms with van der Waals surface area (Å²) >= 11 is 8.27. The van der Waals surface area contributed by atoms with E-state index in [1.807, 2.05) is 48.5 Å². The van der Waals surface area contributed by atoms with Crippen molar-refractivity contribution in [2.45, 2.75) is 6.54 Å². The van der Waals surface area contributed by atoms with Gasteiger partial charge in [-0.2, -0.15) is 0 Å². The summed E-state index contributed by atoms with van der Waals surface area (Å²) in [5.41, 5.74) is 1.84. The largest absolute Gasteiger partial charge is 0.376 e. The smallest absolute Gasteiger partial charge is 0.239 e. The molecule has 0 saturated heterocycles. The Kier molecular flexibility index (Phi) is 5.67. The lowest BCUT2D eigenvalue weighted by Gasteiger charge is -2.09. The number of hydrogen-bond donors (Lipinski definition) is 2. The molecule has 0 aliphatic carbocycles. The Labute approximate surface area is 136 Å². The van der Waals surface area contributed by atoms with Crippen LogP contribution in [0, 0.1) is 3.57 Å². The molecule has 104 valence electrons. The Morgan fingerprint density at radius 1 is 1.10 bits per heavy atom. The highest BCUT2D eigenvalue weighted by atomic mass is 127. The highest BCUT2D eigenvalue weighted by Gasteiger charge is 2.03. The Balaban J connectivity index is 1.78. The van der Waals surface area contributed by atoms with Crippen molar-refractivity contribution in [1.82, 2.24) is 5.32 Å². The Hall–Kier alpha value is -1.27. The van der Waals surface area contributed by atoms with Crippen LogP contribution >= 0.6 is 34.2 Å². The van der Waals surface area contributed by atoms with E-state index in [2.05, 4.69) is 33.2 Å². The number of carbonyl (C=O) groups excluding carboxylic acids is 1. The van der Waals surface area contributed by atoms with Crippen molar-refractivity contribution >= 4 is 45.8 Å². The van der Waals surface area contributed by atoms with Crippen LogP contribution in [0.15, 0.2) is 48.5 Å². The summed E-state index contributed by atoms with van der Waals surface area (Å²) < 4.78 is 1.16. The van der Waals surface area contributed by atoms with Crippen LogP contribution in [0.5, 0.6) is 0 Å². The summed E-state index contributed by atoms with van der Waals surface area (Å²) in [4.78, 5) is 11.7. The minimum absolute atomic E-state index is 0.0662. The summed E-state index contributed by atoms with van der Waals surface area (Å²) in [5.74, 6) is -0.0662. The predicted octanol–water partition coefficient (Wildman–Crippen LogP) is 3.67. The molecular formula is C15H14ClIN2O. The molecular weight excluding hydrogens is 387 g/mol. The van der Waals surface area contributed by atoms with E-state index in [4.69, 9.17) is 11.6 Å². The van der Waals surface area contributed by atoms with Gasteiger partial charge in [0.05, 0.1) is 6.54 Å². The second kappa shape index (κ2) is 7.50. The number of rotatable bonds is 5. The Bertz CT molecular complexity index is 587. The van der Waals surface area contributed by atoms with Gasteiger partial charge in [-0.1, -0.05) is 29.8 Å². The summed E-state index contributed by atoms with van der Waals surface area (Å²) in [6, 6.07) is 15.4. The molecule has 2 aromatic rings. The molecule has 2 rings (SSSR count). The van der Waals surface area contributed by atoms with Crippen molar-refractivity contribution < 1.29 is 4.79 Å². The molecule has 5 heteroatoms. The summed E-state index contributed by atoms with van der Waals surface area (Å²) in [6.07, 6.45) is 0. The van der Waals surface area contributed by atoms with Gasteiger partial charge in [0.25, 0.3) is 0 Å². The zero-order chi connectivity index (χ0) is 14.4. The van der Waals surface area contributed by atoms with E-state index in [-0.39, 0.29) is 12.5 Å². The fraction of sp³-hybridized carbons (Fsp3) is 0.133. The molecule has 0 aliphatic rings. The van der Waals surface area contributed by atoms with E-state index in [0.717, 1.165) is 14.8 Å². The molecule has 0 fully saturated rings. The summed E-state index contributed by atoms with van der Waals surface area (Å²) in [5, 5.41) is 6.57. The van der Waals surface area contributed by atoms with E-state index in [1.165, 1.54) is 0 Å². The molecule has 2 N–H and O–H groups in total. The van der Waals surface area contributed by atoms with Crippen LogP contribution < -0.4 is 10.6 Å². The topological polar surface area (TPSA) is 41.1 Å². The van der Waals surface area contributed by atoms with E-state index in [0.29, 0.717) is 11.6 Å². The van der Waals surface area contributed by atoms with E-state index in [9.17, 15) is 4.79 Å². The van der Waals surface area contributed by atoms with Crippen LogP contribution in [-0.4, -0.2) is 12.5 Å². The number of carbonyl (C=O) groups is 1. The Morgan fingerprint density at radius 2 is 1.80 bits per heavy atom. The van der Waals surface area contributed by atoms with Crippen molar-refractivity contribution in [3.8, 4) is 0 Å². The number of amides is 1. The molecule has 20 heavy (non-hydrogen) atoms. The maximum atomic E-state index is 11.7. The quantitative estimate of drug-likeness (QED) is 0.752. The van der Waals surface area contributed by atoms with Gasteiger partial charge in [0.1, 0.15) is 0 Å². The van der Waals surface area contributed by atoms with Crippen molar-refractivity contribution in [3.63, 3.8) is 0 Å². The molecule has 0 saturated carbocycles. The third-order valence-corrected chi connectivity index (χ3v) is 3.82. The lowest BCUT2D eigenvalue weighted by molar-refractivity contribution is -0.119. The number of hydrogen-bond acceptors (Lipinski definition) is 2. The first-order chi connectivity index (χ1) is 9.65. The van der Waals surface area contributed by atoms with Gasteiger partial charge in [0.2, 0.25) is 5.91 Å². The predicted molar refractivity (Wildman–Crippen MR) is 90.9 cm³/mol. The molecule has 0 atom stereocenters. The monoisotopic (exact) mass is 400 g/mol. The standard InChI is InChI=1S/C15H14ClIN2O/c16-14-4-2-1-3-11(14)9-19-15(20)10-18-13-7-5-12(17)6-8-13/h1-8,18H,9-10H2,(H,19,20). The molecule has 0 spiro atoms. The van der Waals surface area contributed by atoms with Crippen LogP contribution in [-0.2, 0) is 11.3 Å². The second-order valence-corrected chi connectivity index (χ2v) is 5.88. The van der Waals surface area contributed by atoms with Crippen molar-refractivity contribution in [1.29, 1.82) is 0 Å². The number of benzene rings is 2. The highest BCUT2D eigenvalue weighted by molar-refractivity contribution is 14.1. The zero-order valence-electron chi connectivity index (χ0n) is 10.7. The third-order valence-electron chi connectivity index (χ3n) is 2.73. The molecule has 0 radical (unpaired) electrons. The molecule has 0 aliphatic heterocycles. The van der Waals surface area contributed by atoms with Gasteiger partial charge in [-0.3, -0.25) is 4.79 Å². The number of nitrogens with one attached hydrogen (secondary N) is 2. The normalized spacial score (nSPS) is 10.1. The SMILES string of the molecule is O=C(CNc1ccc(I)cc1)NCc1ccccc1Cl. The van der Waals surface area contributed by atoms with Gasteiger partial charge in [-0.25, -0.2) is 0 Å². The van der Waals surface area contributed by atoms with Gasteiger partial charge < -0.3 is 10.6 Å². The first-order valence-corrected chi connectivity index (χ1v) is 7.60. The number of anilines is 1. The van der Waals surface area contributed by atoms with Crippen LogP contribution in [0.3, 0.4) is 0 Å². The molecule has 0 unspecified atom stereocenters. The first-order valence-electron chi connectivity index (χ1n) is 6.15. The first kappa shape index (κ1) is 15.1. The van der Waals surface area contributed by atoms with Crippen molar-refractivity contribution in [2.75, 3.05) is 11.9 Å². The van der Waals surface area contributed by atoms with Gasteiger partial charge in [-0.05, 0) is 58.5 Å². The number of halogens is 2. The Morgan fingerprint density at radius 3 is 2.50 bits per heavy atom. The molecule has 0 bridgehead atoms. The van der Waals surface area contributed by atoms with Crippen LogP contribution in [0.4, 0.5) is 5.69 Å². The summed E-state index contributed by atoms with van der Waals surface area (Å²) in [7, 11) is 0. The zero-order valence-corrected chi connectivity index (χ0v) is 13.6. The van der Waals surface area contributed by atoms with Gasteiger partial charge in [-0.15, -0.1) is 0 Å². The summed E-state index contributed by atoms with van der Waals surface area (Å²) in [6.45, 7) is 0.678. The lowest BCUT2D eigenvalue weighted by Crippen LogP contribution is -2.29. The van der Waals surface area contributed by atoms with Crippen molar-refractivity contribution in [3.05, 3.63) is 62.7 Å². The minimum Gasteiger partial charge on any atom is -0.376 e. The van der Waals surface area contributed by atoms with E-state index < -0.39 is 0 Å². The van der Waals surface area contributed by atoms with E-state index in [1.54, 1.807) is 0 Å². The van der Waals surface area contributed by atoms with Crippen molar-refractivity contribution in [2.24, 2.45) is 0 Å².